The predicted octanol–water partition coefficient (Wildman–Crippen LogP) is 24.4. The number of hydrogen-bond donors (Lipinski definition) is 3. The molecule has 0 amide bonds. The summed E-state index contributed by atoms with van der Waals surface area (Å²) < 4.78 is 68.6. The van der Waals surface area contributed by atoms with E-state index in [1.165, 1.54) is 212 Å². The van der Waals surface area contributed by atoms with Crippen LogP contribution in [-0.2, 0) is 65.4 Å². The molecule has 0 aromatic carbocycles. The third-order valence-electron chi connectivity index (χ3n) is 19.4. The van der Waals surface area contributed by atoms with E-state index < -0.39 is 97.5 Å². The highest BCUT2D eigenvalue weighted by atomic mass is 31.2. The van der Waals surface area contributed by atoms with Gasteiger partial charge in [-0.15, -0.1) is 0 Å². The van der Waals surface area contributed by atoms with E-state index in [9.17, 15) is 43.2 Å². The highest BCUT2D eigenvalue weighted by Crippen LogP contribution is 2.45. The topological polar surface area (TPSA) is 237 Å². The summed E-state index contributed by atoms with van der Waals surface area (Å²) in [5.74, 6) is 0.933. The Morgan fingerprint density at radius 2 is 0.475 bits per heavy atom. The summed E-state index contributed by atoms with van der Waals surface area (Å²) >= 11 is 0. The molecule has 0 aromatic heterocycles. The quantitative estimate of drug-likeness (QED) is 0.0222. The summed E-state index contributed by atoms with van der Waals surface area (Å²) in [7, 11) is -9.92. The van der Waals surface area contributed by atoms with E-state index in [2.05, 4.69) is 55.4 Å². The van der Waals surface area contributed by atoms with E-state index in [-0.39, 0.29) is 25.7 Å². The molecule has 19 heteroatoms. The Balaban J connectivity index is 5.13. The third kappa shape index (κ3) is 74.7. The van der Waals surface area contributed by atoms with Crippen LogP contribution < -0.4 is 0 Å². The van der Waals surface area contributed by atoms with Gasteiger partial charge in [-0.25, -0.2) is 9.13 Å². The minimum Gasteiger partial charge on any atom is -0.462 e. The maximum Gasteiger partial charge on any atom is 0.472 e. The Kier molecular flexibility index (Phi) is 69.6. The number of rotatable bonds is 79. The molecule has 600 valence electrons. The third-order valence-corrected chi connectivity index (χ3v) is 21.3. The van der Waals surface area contributed by atoms with Crippen LogP contribution in [0.2, 0.25) is 0 Å². The van der Waals surface area contributed by atoms with Gasteiger partial charge in [0.05, 0.1) is 26.4 Å². The number of aliphatic hydroxyl groups is 1. The number of phosphoric ester groups is 2. The molecular formula is C82H160O17P2. The van der Waals surface area contributed by atoms with Crippen molar-refractivity contribution >= 4 is 39.5 Å². The lowest BCUT2D eigenvalue weighted by molar-refractivity contribution is -0.161. The minimum atomic E-state index is -4.96. The lowest BCUT2D eigenvalue weighted by atomic mass is 10.00. The molecule has 0 aromatic rings. The van der Waals surface area contributed by atoms with Gasteiger partial charge in [0, 0.05) is 25.7 Å². The van der Waals surface area contributed by atoms with Gasteiger partial charge in [0.15, 0.2) is 12.2 Å². The van der Waals surface area contributed by atoms with Crippen LogP contribution in [0.5, 0.6) is 0 Å². The maximum absolute atomic E-state index is 13.1. The van der Waals surface area contributed by atoms with Crippen molar-refractivity contribution in [3.63, 3.8) is 0 Å². The van der Waals surface area contributed by atoms with Crippen molar-refractivity contribution in [3.8, 4) is 0 Å². The molecule has 3 N–H and O–H groups in total. The van der Waals surface area contributed by atoms with Gasteiger partial charge in [-0.2, -0.15) is 0 Å². The monoisotopic (exact) mass is 1480 g/mol. The summed E-state index contributed by atoms with van der Waals surface area (Å²) in [6, 6.07) is 0. The van der Waals surface area contributed by atoms with Crippen molar-refractivity contribution in [1.82, 2.24) is 0 Å². The average Bonchev–Trinajstić information content (AvgIpc) is 0.978. The zero-order valence-corrected chi connectivity index (χ0v) is 68.3. The van der Waals surface area contributed by atoms with Crippen LogP contribution in [0, 0.1) is 23.7 Å². The van der Waals surface area contributed by atoms with E-state index in [1.807, 2.05) is 0 Å². The average molecular weight is 1480 g/mol. The number of aliphatic hydroxyl groups excluding tert-OH is 1. The molecule has 4 unspecified atom stereocenters. The van der Waals surface area contributed by atoms with E-state index in [0.29, 0.717) is 31.6 Å². The number of phosphoric acid groups is 2. The summed E-state index contributed by atoms with van der Waals surface area (Å²) in [5.41, 5.74) is 0. The fraction of sp³-hybridized carbons (Fsp3) is 0.951. The van der Waals surface area contributed by atoms with Crippen LogP contribution in [0.4, 0.5) is 0 Å². The van der Waals surface area contributed by atoms with E-state index in [0.717, 1.165) is 120 Å². The molecule has 0 bridgehead atoms. The minimum absolute atomic E-state index is 0.107. The molecule has 101 heavy (non-hydrogen) atoms. The first-order chi connectivity index (χ1) is 48.6. The van der Waals surface area contributed by atoms with Crippen LogP contribution >= 0.6 is 15.6 Å². The first-order valence-electron chi connectivity index (χ1n) is 42.2. The Morgan fingerprint density at radius 1 is 0.277 bits per heavy atom. The van der Waals surface area contributed by atoms with Crippen LogP contribution in [0.15, 0.2) is 0 Å². The molecule has 0 radical (unpaired) electrons. The van der Waals surface area contributed by atoms with Crippen molar-refractivity contribution in [2.75, 3.05) is 39.6 Å². The summed E-state index contributed by atoms with van der Waals surface area (Å²) in [4.78, 5) is 72.9. The standard InChI is InChI=1S/C82H160O17P2/c1-9-75(8)61-53-45-39-41-47-55-63-80(85)93-69-78(99-82(87)65-57-49-37-33-29-25-21-17-13-11-15-19-23-27-31-35-43-51-59-73(4)5)71-97-101(90,91)95-67-76(83)66-94-100(88,89)96-70-77(68-92-79(84)62-54-46-40-38-44-52-60-74(6)7)98-81(86)64-56-48-36-32-28-24-20-16-12-10-14-18-22-26-30-34-42-50-58-72(2)3/h72-78,83H,9-71H2,1-8H3,(H,88,89)(H,90,91)/t75?,76?,77-,78-/m1/s1. The van der Waals surface area contributed by atoms with E-state index in [1.54, 1.807) is 0 Å². The van der Waals surface area contributed by atoms with Crippen LogP contribution in [0.1, 0.15) is 421 Å². The molecule has 0 aliphatic carbocycles. The van der Waals surface area contributed by atoms with Gasteiger partial charge in [0.2, 0.25) is 0 Å². The van der Waals surface area contributed by atoms with Gasteiger partial charge in [0.25, 0.3) is 0 Å². The number of unbranched alkanes of at least 4 members (excludes halogenated alkanes) is 44. The molecule has 0 heterocycles. The molecule has 0 saturated heterocycles. The van der Waals surface area contributed by atoms with Gasteiger partial charge < -0.3 is 33.8 Å². The second kappa shape index (κ2) is 71.0. The lowest BCUT2D eigenvalue weighted by Crippen LogP contribution is -2.30. The molecular weight excluding hydrogens is 1320 g/mol. The summed E-state index contributed by atoms with van der Waals surface area (Å²) in [6.45, 7) is 14.2. The van der Waals surface area contributed by atoms with Crippen molar-refractivity contribution < 1.29 is 80.2 Å². The number of hydrogen-bond acceptors (Lipinski definition) is 15. The summed E-state index contributed by atoms with van der Waals surface area (Å²) in [5, 5.41) is 10.6. The zero-order chi connectivity index (χ0) is 74.6. The Morgan fingerprint density at radius 3 is 0.703 bits per heavy atom. The van der Waals surface area contributed by atoms with Gasteiger partial charge in [-0.1, -0.05) is 370 Å². The van der Waals surface area contributed by atoms with Crippen molar-refractivity contribution in [1.29, 1.82) is 0 Å². The molecule has 6 atom stereocenters. The molecule has 0 rings (SSSR count). The zero-order valence-electron chi connectivity index (χ0n) is 66.5. The SMILES string of the molecule is CCC(C)CCCCCCCCC(=O)OC[C@H](COP(=O)(O)OCC(O)COP(=O)(O)OC[C@@H](COC(=O)CCCCCCCCC(C)C)OC(=O)CCCCCCCCCCCCCCCCCCCCC(C)C)OC(=O)CCCCCCCCCCCCCCCCCCCCC(C)C. The van der Waals surface area contributed by atoms with Crippen molar-refractivity contribution in [3.05, 3.63) is 0 Å². The van der Waals surface area contributed by atoms with Crippen molar-refractivity contribution in [2.45, 2.75) is 440 Å². The first kappa shape index (κ1) is 99.1. The van der Waals surface area contributed by atoms with Gasteiger partial charge >= 0.3 is 39.5 Å². The fourth-order valence-corrected chi connectivity index (χ4v) is 14.2. The smallest absolute Gasteiger partial charge is 0.462 e. The summed E-state index contributed by atoms with van der Waals surface area (Å²) in [6.07, 6.45) is 58.7. The molecule has 0 spiro atoms. The van der Waals surface area contributed by atoms with E-state index in [4.69, 9.17) is 37.0 Å². The molecule has 0 saturated carbocycles. The highest BCUT2D eigenvalue weighted by Gasteiger charge is 2.30. The van der Waals surface area contributed by atoms with E-state index >= 15 is 0 Å². The second-order valence-corrected chi connectivity index (χ2v) is 34.1. The Labute approximate surface area is 619 Å². The second-order valence-electron chi connectivity index (χ2n) is 31.2. The van der Waals surface area contributed by atoms with Gasteiger partial charge in [0.1, 0.15) is 19.3 Å². The Hall–Kier alpha value is -1.94. The first-order valence-corrected chi connectivity index (χ1v) is 45.2. The largest absolute Gasteiger partial charge is 0.472 e. The number of esters is 4. The predicted molar refractivity (Wildman–Crippen MR) is 414 cm³/mol. The number of ether oxygens (including phenoxy) is 4. The lowest BCUT2D eigenvalue weighted by Gasteiger charge is -2.21. The van der Waals surface area contributed by atoms with Crippen LogP contribution in [-0.4, -0.2) is 96.7 Å². The maximum atomic E-state index is 13.1. The van der Waals surface area contributed by atoms with Gasteiger partial charge in [-0.3, -0.25) is 37.3 Å². The van der Waals surface area contributed by atoms with Gasteiger partial charge in [-0.05, 0) is 49.4 Å². The molecule has 0 aliphatic rings. The molecule has 17 nitrogen and oxygen atoms in total. The number of carbonyl (C=O) groups is 4. The molecule has 0 aliphatic heterocycles. The highest BCUT2D eigenvalue weighted by molar-refractivity contribution is 7.47. The van der Waals surface area contributed by atoms with Crippen molar-refractivity contribution in [2.24, 2.45) is 23.7 Å². The molecule has 0 fully saturated rings. The van der Waals surface area contributed by atoms with Crippen LogP contribution in [0.25, 0.3) is 0 Å². The fourth-order valence-electron chi connectivity index (χ4n) is 12.6. The number of carbonyl (C=O) groups excluding carboxylic acids is 4. The normalized spacial score (nSPS) is 14.3. The van der Waals surface area contributed by atoms with Crippen LogP contribution in [0.3, 0.4) is 0 Å². The Bertz CT molecular complexity index is 1970.